The lowest BCUT2D eigenvalue weighted by molar-refractivity contribution is -0.123. The lowest BCUT2D eigenvalue weighted by atomic mass is 9.99. The number of morpholine rings is 1. The van der Waals surface area contributed by atoms with E-state index >= 15 is 0 Å². The molecular formula is C20H31N3O2. The van der Waals surface area contributed by atoms with Crippen LogP contribution in [0.15, 0.2) is 30.3 Å². The minimum atomic E-state index is 0.0859. The largest absolute Gasteiger partial charge is 0.374 e. The van der Waals surface area contributed by atoms with Gasteiger partial charge in [0.05, 0.1) is 19.3 Å². The number of rotatable bonds is 6. The van der Waals surface area contributed by atoms with Crippen LogP contribution in [0.1, 0.15) is 25.3 Å². The van der Waals surface area contributed by atoms with E-state index in [2.05, 4.69) is 46.3 Å². The van der Waals surface area contributed by atoms with Crippen LogP contribution in [0.5, 0.6) is 0 Å². The minimum absolute atomic E-state index is 0.0859. The molecule has 2 heterocycles. The fraction of sp³-hybridized carbons (Fsp3) is 0.650. The van der Waals surface area contributed by atoms with Crippen LogP contribution in [0.4, 0.5) is 0 Å². The average molecular weight is 345 g/mol. The van der Waals surface area contributed by atoms with Gasteiger partial charge in [0.2, 0.25) is 5.91 Å². The molecule has 0 spiro atoms. The Morgan fingerprint density at radius 2 is 1.92 bits per heavy atom. The van der Waals surface area contributed by atoms with E-state index in [9.17, 15) is 4.79 Å². The highest BCUT2D eigenvalue weighted by molar-refractivity contribution is 5.78. The third-order valence-electron chi connectivity index (χ3n) is 5.24. The molecule has 0 aromatic heterocycles. The van der Waals surface area contributed by atoms with Gasteiger partial charge in [-0.25, -0.2) is 0 Å². The van der Waals surface area contributed by atoms with E-state index in [1.165, 1.54) is 18.4 Å². The summed E-state index contributed by atoms with van der Waals surface area (Å²) in [6.07, 6.45) is 2.49. The summed E-state index contributed by atoms with van der Waals surface area (Å²) in [5.41, 5.74) is 1.33. The monoisotopic (exact) mass is 345 g/mol. The van der Waals surface area contributed by atoms with Gasteiger partial charge in [0.15, 0.2) is 0 Å². The molecule has 1 aromatic carbocycles. The molecular weight excluding hydrogens is 314 g/mol. The highest BCUT2D eigenvalue weighted by Crippen LogP contribution is 2.15. The minimum Gasteiger partial charge on any atom is -0.374 e. The van der Waals surface area contributed by atoms with Gasteiger partial charge < -0.3 is 10.1 Å². The van der Waals surface area contributed by atoms with E-state index in [0.717, 1.165) is 45.2 Å². The molecule has 0 radical (unpaired) electrons. The van der Waals surface area contributed by atoms with Gasteiger partial charge in [-0.05, 0) is 37.4 Å². The van der Waals surface area contributed by atoms with E-state index in [0.29, 0.717) is 13.1 Å². The summed E-state index contributed by atoms with van der Waals surface area (Å²) in [5, 5.41) is 3.06. The van der Waals surface area contributed by atoms with Crippen molar-refractivity contribution in [2.75, 3.05) is 45.9 Å². The zero-order valence-corrected chi connectivity index (χ0v) is 15.3. The van der Waals surface area contributed by atoms with Gasteiger partial charge in [0.25, 0.3) is 0 Å². The summed E-state index contributed by atoms with van der Waals surface area (Å²) < 4.78 is 5.83. The number of likely N-dealkylation sites (tertiary alicyclic amines) is 1. The fourth-order valence-corrected chi connectivity index (χ4v) is 3.60. The number of carbonyl (C=O) groups excluding carboxylic acids is 1. The van der Waals surface area contributed by atoms with E-state index in [-0.39, 0.29) is 12.0 Å². The number of ether oxygens (including phenoxy) is 1. The molecule has 0 unspecified atom stereocenters. The van der Waals surface area contributed by atoms with Crippen molar-refractivity contribution in [2.24, 2.45) is 5.92 Å². The van der Waals surface area contributed by atoms with Crippen LogP contribution in [0, 0.1) is 5.92 Å². The van der Waals surface area contributed by atoms with Crippen molar-refractivity contribution in [1.29, 1.82) is 0 Å². The summed E-state index contributed by atoms with van der Waals surface area (Å²) >= 11 is 0. The Bertz CT molecular complexity index is 529. The highest BCUT2D eigenvalue weighted by atomic mass is 16.5. The normalized spacial score (nSPS) is 23.5. The third-order valence-corrected chi connectivity index (χ3v) is 5.24. The summed E-state index contributed by atoms with van der Waals surface area (Å²) in [5.74, 6) is 0.920. The second-order valence-electron chi connectivity index (χ2n) is 7.48. The van der Waals surface area contributed by atoms with Crippen LogP contribution < -0.4 is 5.32 Å². The van der Waals surface area contributed by atoms with Gasteiger partial charge in [-0.1, -0.05) is 37.3 Å². The molecule has 1 N–H and O–H groups in total. The number of piperidine rings is 1. The first-order valence-electron chi connectivity index (χ1n) is 9.56. The molecule has 1 amide bonds. The molecule has 0 bridgehead atoms. The zero-order chi connectivity index (χ0) is 17.5. The average Bonchev–Trinajstić information content (AvgIpc) is 2.63. The van der Waals surface area contributed by atoms with Crippen LogP contribution in [0.25, 0.3) is 0 Å². The van der Waals surface area contributed by atoms with E-state index in [4.69, 9.17) is 4.74 Å². The molecule has 0 saturated carbocycles. The third kappa shape index (κ3) is 6.10. The van der Waals surface area contributed by atoms with Crippen LogP contribution in [0.2, 0.25) is 0 Å². The second kappa shape index (κ2) is 9.32. The van der Waals surface area contributed by atoms with Crippen molar-refractivity contribution in [3.63, 3.8) is 0 Å². The van der Waals surface area contributed by atoms with Crippen LogP contribution in [-0.4, -0.2) is 67.7 Å². The molecule has 2 aliphatic heterocycles. The van der Waals surface area contributed by atoms with E-state index < -0.39 is 0 Å². The number of hydrogen-bond acceptors (Lipinski definition) is 4. The number of benzene rings is 1. The maximum Gasteiger partial charge on any atom is 0.234 e. The number of amides is 1. The Labute approximate surface area is 151 Å². The molecule has 3 rings (SSSR count). The van der Waals surface area contributed by atoms with Gasteiger partial charge >= 0.3 is 0 Å². The summed E-state index contributed by atoms with van der Waals surface area (Å²) in [6.45, 7) is 9.00. The van der Waals surface area contributed by atoms with Crippen molar-refractivity contribution < 1.29 is 9.53 Å². The molecule has 5 nitrogen and oxygen atoms in total. The van der Waals surface area contributed by atoms with Crippen LogP contribution in [0.3, 0.4) is 0 Å². The molecule has 2 aliphatic rings. The maximum absolute atomic E-state index is 12.2. The van der Waals surface area contributed by atoms with Gasteiger partial charge in [-0.2, -0.15) is 0 Å². The number of carbonyl (C=O) groups is 1. The fourth-order valence-electron chi connectivity index (χ4n) is 3.60. The number of nitrogens with zero attached hydrogens (tertiary/aromatic N) is 2. The predicted molar refractivity (Wildman–Crippen MR) is 99.3 cm³/mol. The van der Waals surface area contributed by atoms with E-state index in [1.807, 2.05) is 6.07 Å². The molecule has 2 saturated heterocycles. The lowest BCUT2D eigenvalue weighted by Gasteiger charge is -2.33. The Kier molecular flexibility index (Phi) is 6.84. The predicted octanol–water partition coefficient (Wildman–Crippen LogP) is 1.74. The first-order chi connectivity index (χ1) is 12.2. The van der Waals surface area contributed by atoms with Gasteiger partial charge in [-0.3, -0.25) is 14.6 Å². The van der Waals surface area contributed by atoms with Gasteiger partial charge in [0.1, 0.15) is 0 Å². The van der Waals surface area contributed by atoms with Crippen molar-refractivity contribution in [3.8, 4) is 0 Å². The Morgan fingerprint density at radius 1 is 1.16 bits per heavy atom. The smallest absolute Gasteiger partial charge is 0.234 e. The lowest BCUT2D eigenvalue weighted by Crippen LogP contribution is -2.49. The first kappa shape index (κ1) is 18.4. The molecule has 0 aliphatic carbocycles. The SMILES string of the molecule is CC1CCN(CC(=O)NC[C@@H]2CN(Cc3ccccc3)CCO2)CC1. The first-order valence-corrected chi connectivity index (χ1v) is 9.56. The molecule has 2 fully saturated rings. The Hall–Kier alpha value is -1.43. The van der Waals surface area contributed by atoms with Crippen LogP contribution >= 0.6 is 0 Å². The van der Waals surface area contributed by atoms with Gasteiger partial charge in [-0.15, -0.1) is 0 Å². The molecule has 1 atom stereocenters. The van der Waals surface area contributed by atoms with Crippen molar-refractivity contribution in [3.05, 3.63) is 35.9 Å². The highest BCUT2D eigenvalue weighted by Gasteiger charge is 2.22. The standard InChI is InChI=1S/C20H31N3O2/c1-17-7-9-22(10-8-17)16-20(24)21-13-19-15-23(11-12-25-19)14-18-5-3-2-4-6-18/h2-6,17,19H,7-16H2,1H3,(H,21,24)/t19-/m1/s1. The maximum atomic E-state index is 12.2. The topological polar surface area (TPSA) is 44.8 Å². The molecule has 5 heteroatoms. The summed E-state index contributed by atoms with van der Waals surface area (Å²) in [6, 6.07) is 10.5. The second-order valence-corrected chi connectivity index (χ2v) is 7.48. The Balaban J connectivity index is 1.37. The summed E-state index contributed by atoms with van der Waals surface area (Å²) in [7, 11) is 0. The Morgan fingerprint density at radius 3 is 2.68 bits per heavy atom. The number of nitrogens with one attached hydrogen (secondary N) is 1. The molecule has 25 heavy (non-hydrogen) atoms. The quantitative estimate of drug-likeness (QED) is 0.853. The van der Waals surface area contributed by atoms with E-state index in [1.54, 1.807) is 0 Å². The van der Waals surface area contributed by atoms with Crippen molar-refractivity contribution >= 4 is 5.91 Å². The summed E-state index contributed by atoms with van der Waals surface area (Å²) in [4.78, 5) is 16.9. The molecule has 138 valence electrons. The van der Waals surface area contributed by atoms with Gasteiger partial charge in [0, 0.05) is 26.2 Å². The zero-order valence-electron chi connectivity index (χ0n) is 15.3. The van der Waals surface area contributed by atoms with Crippen molar-refractivity contribution in [2.45, 2.75) is 32.4 Å². The van der Waals surface area contributed by atoms with Crippen molar-refractivity contribution in [1.82, 2.24) is 15.1 Å². The molecule has 1 aromatic rings. The number of hydrogen-bond donors (Lipinski definition) is 1. The van der Waals surface area contributed by atoms with Crippen LogP contribution in [-0.2, 0) is 16.1 Å².